The lowest BCUT2D eigenvalue weighted by atomic mass is 9.85. The van der Waals surface area contributed by atoms with E-state index in [1.807, 2.05) is 0 Å². The molecule has 0 fully saturated rings. The molecule has 2 N–H and O–H groups in total. The van der Waals surface area contributed by atoms with Crippen LogP contribution in [0, 0.1) is 12.3 Å². The molecule has 0 bridgehead atoms. The Morgan fingerprint density at radius 3 is 1.80 bits per heavy atom. The minimum atomic E-state index is -1.19. The molecule has 0 saturated carbocycles. The lowest BCUT2D eigenvalue weighted by Gasteiger charge is -2.33. The fraction of sp³-hybridized carbons (Fsp3) is 0.750. The largest absolute Gasteiger partial charge is 0.387 e. The first-order valence-corrected chi connectivity index (χ1v) is 3.19. The summed E-state index contributed by atoms with van der Waals surface area (Å²) >= 11 is 0. The molecule has 0 spiro atoms. The Bertz CT molecular complexity index is 146. The molecular formula is C8H14O2. The zero-order valence-corrected chi connectivity index (χ0v) is 6.68. The standard InChI is InChI=1S/C8H14O2/c1-5-6-8(4,10)7(2,3)9/h1,9-10H,6H2,2-4H3. The van der Waals surface area contributed by atoms with Crippen molar-refractivity contribution in [1.29, 1.82) is 0 Å². The van der Waals surface area contributed by atoms with Crippen molar-refractivity contribution < 1.29 is 10.2 Å². The van der Waals surface area contributed by atoms with Crippen molar-refractivity contribution in [2.45, 2.75) is 38.4 Å². The molecule has 0 aromatic heterocycles. The lowest BCUT2D eigenvalue weighted by Crippen LogP contribution is -2.47. The number of aliphatic hydroxyl groups is 2. The van der Waals surface area contributed by atoms with Gasteiger partial charge in [0.25, 0.3) is 0 Å². The van der Waals surface area contributed by atoms with E-state index in [-0.39, 0.29) is 6.42 Å². The van der Waals surface area contributed by atoms with Crippen LogP contribution in [0.5, 0.6) is 0 Å². The van der Waals surface area contributed by atoms with Gasteiger partial charge in [-0.1, -0.05) is 0 Å². The predicted octanol–water partition coefficient (Wildman–Crippen LogP) is 0.532. The molecular weight excluding hydrogens is 128 g/mol. The van der Waals surface area contributed by atoms with Crippen molar-refractivity contribution in [2.75, 3.05) is 0 Å². The first-order chi connectivity index (χ1) is 4.31. The van der Waals surface area contributed by atoms with Gasteiger partial charge in [-0.3, -0.25) is 0 Å². The summed E-state index contributed by atoms with van der Waals surface area (Å²) in [7, 11) is 0. The minimum Gasteiger partial charge on any atom is -0.387 e. The van der Waals surface area contributed by atoms with Gasteiger partial charge >= 0.3 is 0 Å². The van der Waals surface area contributed by atoms with Crippen LogP contribution >= 0.6 is 0 Å². The number of hydrogen-bond donors (Lipinski definition) is 2. The highest BCUT2D eigenvalue weighted by atomic mass is 16.3. The van der Waals surface area contributed by atoms with Crippen LogP contribution in [0.3, 0.4) is 0 Å². The average Bonchev–Trinajstić information content (AvgIpc) is 1.61. The summed E-state index contributed by atoms with van der Waals surface area (Å²) in [6.07, 6.45) is 5.15. The van der Waals surface area contributed by atoms with E-state index in [2.05, 4.69) is 5.92 Å². The quantitative estimate of drug-likeness (QED) is 0.552. The SMILES string of the molecule is C#CCC(C)(O)C(C)(C)O. The van der Waals surface area contributed by atoms with Gasteiger partial charge < -0.3 is 10.2 Å². The molecule has 0 aromatic rings. The molecule has 0 rings (SSSR count). The van der Waals surface area contributed by atoms with Gasteiger partial charge in [0.2, 0.25) is 0 Å². The first-order valence-electron chi connectivity index (χ1n) is 3.19. The predicted molar refractivity (Wildman–Crippen MR) is 40.4 cm³/mol. The Labute approximate surface area is 61.9 Å². The summed E-state index contributed by atoms with van der Waals surface area (Å²) in [6.45, 7) is 4.58. The van der Waals surface area contributed by atoms with Gasteiger partial charge in [0.15, 0.2) is 0 Å². The normalized spacial score (nSPS) is 17.6. The zero-order chi connectivity index (χ0) is 8.41. The van der Waals surface area contributed by atoms with Crippen molar-refractivity contribution >= 4 is 0 Å². The molecule has 0 saturated heterocycles. The van der Waals surface area contributed by atoms with E-state index in [0.717, 1.165) is 0 Å². The summed E-state index contributed by atoms with van der Waals surface area (Å²) in [5.74, 6) is 2.30. The van der Waals surface area contributed by atoms with E-state index in [0.29, 0.717) is 0 Å². The molecule has 0 aliphatic rings. The Morgan fingerprint density at radius 2 is 1.70 bits per heavy atom. The van der Waals surface area contributed by atoms with Crippen molar-refractivity contribution in [3.05, 3.63) is 0 Å². The highest BCUT2D eigenvalue weighted by Gasteiger charge is 2.36. The van der Waals surface area contributed by atoms with Crippen LogP contribution in [0.4, 0.5) is 0 Å². The minimum absolute atomic E-state index is 0.163. The van der Waals surface area contributed by atoms with E-state index < -0.39 is 11.2 Å². The molecule has 0 heterocycles. The average molecular weight is 142 g/mol. The van der Waals surface area contributed by atoms with Crippen molar-refractivity contribution in [2.24, 2.45) is 0 Å². The van der Waals surface area contributed by atoms with Gasteiger partial charge in [-0.15, -0.1) is 12.3 Å². The molecule has 1 unspecified atom stereocenters. The highest BCUT2D eigenvalue weighted by molar-refractivity contribution is 5.00. The second-order valence-electron chi connectivity index (χ2n) is 3.21. The maximum atomic E-state index is 9.46. The van der Waals surface area contributed by atoms with E-state index in [1.54, 1.807) is 0 Å². The molecule has 0 amide bonds. The summed E-state index contributed by atoms with van der Waals surface area (Å²) in [6, 6.07) is 0. The Hall–Kier alpha value is -0.520. The second kappa shape index (κ2) is 2.61. The highest BCUT2D eigenvalue weighted by Crippen LogP contribution is 2.23. The van der Waals surface area contributed by atoms with E-state index in [4.69, 9.17) is 6.42 Å². The molecule has 2 heteroatoms. The van der Waals surface area contributed by atoms with Crippen LogP contribution in [0.1, 0.15) is 27.2 Å². The van der Waals surface area contributed by atoms with Gasteiger partial charge in [-0.05, 0) is 20.8 Å². The number of hydrogen-bond acceptors (Lipinski definition) is 2. The van der Waals surface area contributed by atoms with Crippen LogP contribution in [-0.2, 0) is 0 Å². The molecule has 0 aliphatic carbocycles. The summed E-state index contributed by atoms with van der Waals surface area (Å²) in [5.41, 5.74) is -2.33. The summed E-state index contributed by atoms with van der Waals surface area (Å²) < 4.78 is 0. The Morgan fingerprint density at radius 1 is 1.30 bits per heavy atom. The number of rotatable bonds is 2. The molecule has 0 radical (unpaired) electrons. The van der Waals surface area contributed by atoms with Gasteiger partial charge in [0, 0.05) is 6.42 Å². The second-order valence-corrected chi connectivity index (χ2v) is 3.21. The topological polar surface area (TPSA) is 40.5 Å². The van der Waals surface area contributed by atoms with Crippen LogP contribution in [0.25, 0.3) is 0 Å². The lowest BCUT2D eigenvalue weighted by molar-refractivity contribution is -0.116. The zero-order valence-electron chi connectivity index (χ0n) is 6.68. The van der Waals surface area contributed by atoms with Crippen LogP contribution in [-0.4, -0.2) is 21.4 Å². The summed E-state index contributed by atoms with van der Waals surface area (Å²) in [4.78, 5) is 0. The fourth-order valence-electron chi connectivity index (χ4n) is 0.415. The van der Waals surface area contributed by atoms with Crippen molar-refractivity contribution in [3.63, 3.8) is 0 Å². The van der Waals surface area contributed by atoms with Gasteiger partial charge in [0.1, 0.15) is 5.60 Å². The monoisotopic (exact) mass is 142 g/mol. The van der Waals surface area contributed by atoms with E-state index in [1.165, 1.54) is 20.8 Å². The van der Waals surface area contributed by atoms with E-state index in [9.17, 15) is 10.2 Å². The maximum Gasteiger partial charge on any atom is 0.101 e. The molecule has 2 nitrogen and oxygen atoms in total. The third-order valence-corrected chi connectivity index (χ3v) is 1.76. The fourth-order valence-corrected chi connectivity index (χ4v) is 0.415. The van der Waals surface area contributed by atoms with Crippen LogP contribution in [0.2, 0.25) is 0 Å². The third kappa shape index (κ3) is 2.02. The first kappa shape index (κ1) is 9.48. The molecule has 10 heavy (non-hydrogen) atoms. The maximum absolute atomic E-state index is 9.46. The molecule has 58 valence electrons. The smallest absolute Gasteiger partial charge is 0.101 e. The number of terminal acetylenes is 1. The van der Waals surface area contributed by atoms with Crippen LogP contribution in [0.15, 0.2) is 0 Å². The van der Waals surface area contributed by atoms with Crippen molar-refractivity contribution in [1.82, 2.24) is 0 Å². The van der Waals surface area contributed by atoms with Gasteiger partial charge in [0.05, 0.1) is 5.60 Å². The molecule has 0 aromatic carbocycles. The van der Waals surface area contributed by atoms with Crippen LogP contribution < -0.4 is 0 Å². The molecule has 0 aliphatic heterocycles. The molecule has 1 atom stereocenters. The van der Waals surface area contributed by atoms with Gasteiger partial charge in [-0.2, -0.15) is 0 Å². The van der Waals surface area contributed by atoms with Gasteiger partial charge in [-0.25, -0.2) is 0 Å². The Balaban J connectivity index is 4.28. The Kier molecular flexibility index (Phi) is 2.48. The van der Waals surface area contributed by atoms with E-state index >= 15 is 0 Å². The van der Waals surface area contributed by atoms with Crippen molar-refractivity contribution in [3.8, 4) is 12.3 Å². The third-order valence-electron chi connectivity index (χ3n) is 1.76. The summed E-state index contributed by atoms with van der Waals surface area (Å²) in [5, 5.41) is 18.8.